The number of ether oxygens (including phenoxy) is 1. The summed E-state index contributed by atoms with van der Waals surface area (Å²) in [5.41, 5.74) is 3.78. The van der Waals surface area contributed by atoms with Gasteiger partial charge in [-0.2, -0.15) is 0 Å². The summed E-state index contributed by atoms with van der Waals surface area (Å²) in [7, 11) is 1.55. The summed E-state index contributed by atoms with van der Waals surface area (Å²) in [4.78, 5) is 16.9. The maximum atomic E-state index is 12.4. The summed E-state index contributed by atoms with van der Waals surface area (Å²) in [6.45, 7) is 4.10. The molecule has 0 saturated carbocycles. The molecule has 0 atom stereocenters. The van der Waals surface area contributed by atoms with E-state index in [-0.39, 0.29) is 5.91 Å². The molecule has 0 bridgehead atoms. The second-order valence-corrected chi connectivity index (χ2v) is 6.06. The van der Waals surface area contributed by atoms with Crippen LogP contribution in [0.15, 0.2) is 36.4 Å². The number of thiazole rings is 1. The third-order valence-electron chi connectivity index (χ3n) is 3.66. The number of fused-ring (bicyclic) bond motifs is 1. The van der Waals surface area contributed by atoms with E-state index in [4.69, 9.17) is 4.74 Å². The summed E-state index contributed by atoms with van der Waals surface area (Å²) >= 11 is 1.47. The van der Waals surface area contributed by atoms with Gasteiger partial charge in [-0.15, -0.1) is 0 Å². The number of aromatic nitrogens is 1. The van der Waals surface area contributed by atoms with E-state index in [0.717, 1.165) is 15.8 Å². The van der Waals surface area contributed by atoms with Gasteiger partial charge in [0, 0.05) is 0 Å². The van der Waals surface area contributed by atoms with Crippen molar-refractivity contribution in [1.82, 2.24) is 4.98 Å². The molecule has 3 rings (SSSR count). The minimum atomic E-state index is -0.217. The maximum Gasteiger partial charge on any atom is 0.261 e. The van der Waals surface area contributed by atoms with Gasteiger partial charge in [0.25, 0.3) is 5.91 Å². The molecule has 22 heavy (non-hydrogen) atoms. The Kier molecular flexibility index (Phi) is 3.81. The van der Waals surface area contributed by atoms with Crippen LogP contribution in [0.25, 0.3) is 10.2 Å². The van der Waals surface area contributed by atoms with E-state index in [2.05, 4.69) is 23.3 Å². The van der Waals surface area contributed by atoms with Crippen LogP contribution in [0.2, 0.25) is 0 Å². The fourth-order valence-electron chi connectivity index (χ4n) is 2.28. The van der Waals surface area contributed by atoms with Crippen molar-refractivity contribution >= 4 is 32.6 Å². The Morgan fingerprint density at radius 3 is 2.73 bits per heavy atom. The number of benzene rings is 2. The molecule has 0 fully saturated rings. The Bertz CT molecular complexity index is 855. The van der Waals surface area contributed by atoms with Gasteiger partial charge in [-0.05, 0) is 43.2 Å². The van der Waals surface area contributed by atoms with E-state index in [1.807, 2.05) is 25.1 Å². The topological polar surface area (TPSA) is 51.2 Å². The Hall–Kier alpha value is -2.40. The van der Waals surface area contributed by atoms with Crippen LogP contribution in [0.3, 0.4) is 0 Å². The third-order valence-corrected chi connectivity index (χ3v) is 4.59. The minimum Gasteiger partial charge on any atom is -0.496 e. The normalized spacial score (nSPS) is 10.7. The lowest BCUT2D eigenvalue weighted by atomic mass is 10.1. The second kappa shape index (κ2) is 5.77. The van der Waals surface area contributed by atoms with Crippen molar-refractivity contribution in [3.8, 4) is 5.75 Å². The molecule has 0 aliphatic rings. The predicted octanol–water partition coefficient (Wildman–Crippen LogP) is 4.17. The van der Waals surface area contributed by atoms with Crippen LogP contribution < -0.4 is 10.1 Å². The number of amides is 1. The molecule has 0 aliphatic carbocycles. The maximum absolute atomic E-state index is 12.4. The molecule has 2 aromatic carbocycles. The Morgan fingerprint density at radius 2 is 1.95 bits per heavy atom. The molecule has 0 radical (unpaired) electrons. The number of hydrogen-bond acceptors (Lipinski definition) is 4. The number of aryl methyl sites for hydroxylation is 2. The van der Waals surface area contributed by atoms with Crippen molar-refractivity contribution < 1.29 is 9.53 Å². The molecule has 1 aromatic heterocycles. The van der Waals surface area contributed by atoms with Gasteiger partial charge in [-0.25, -0.2) is 4.98 Å². The van der Waals surface area contributed by atoms with Gasteiger partial charge >= 0.3 is 0 Å². The van der Waals surface area contributed by atoms with Crippen LogP contribution >= 0.6 is 11.3 Å². The fraction of sp³-hybridized carbons (Fsp3) is 0.176. The zero-order valence-corrected chi connectivity index (χ0v) is 13.5. The van der Waals surface area contributed by atoms with E-state index in [1.165, 1.54) is 16.9 Å². The SMILES string of the molecule is COc1ccccc1C(=O)Nc1nc2c(C)c(C)ccc2s1. The van der Waals surface area contributed by atoms with E-state index in [0.29, 0.717) is 16.4 Å². The second-order valence-electron chi connectivity index (χ2n) is 5.03. The predicted molar refractivity (Wildman–Crippen MR) is 90.0 cm³/mol. The van der Waals surface area contributed by atoms with Crippen molar-refractivity contribution in [2.24, 2.45) is 0 Å². The molecular weight excluding hydrogens is 296 g/mol. The van der Waals surface area contributed by atoms with Gasteiger partial charge in [0.15, 0.2) is 5.13 Å². The summed E-state index contributed by atoms with van der Waals surface area (Å²) in [6, 6.07) is 11.2. The number of para-hydroxylation sites is 1. The third kappa shape index (κ3) is 2.55. The molecule has 0 aliphatic heterocycles. The lowest BCUT2D eigenvalue weighted by Gasteiger charge is -2.06. The highest BCUT2D eigenvalue weighted by atomic mass is 32.1. The van der Waals surface area contributed by atoms with Gasteiger partial charge < -0.3 is 4.74 Å². The summed E-state index contributed by atoms with van der Waals surface area (Å²) in [6.07, 6.45) is 0. The van der Waals surface area contributed by atoms with E-state index >= 15 is 0 Å². The first-order valence-electron chi connectivity index (χ1n) is 6.91. The standard InChI is InChI=1S/C17H16N2O2S/c1-10-8-9-14-15(11(10)2)18-17(22-14)19-16(20)12-6-4-5-7-13(12)21-3/h4-9H,1-3H3,(H,18,19,20). The summed E-state index contributed by atoms with van der Waals surface area (Å²) in [5.74, 6) is 0.332. The Balaban J connectivity index is 1.93. The zero-order chi connectivity index (χ0) is 15.7. The number of methoxy groups -OCH3 is 1. The van der Waals surface area contributed by atoms with Crippen LogP contribution in [-0.4, -0.2) is 18.0 Å². The number of hydrogen-bond donors (Lipinski definition) is 1. The Morgan fingerprint density at radius 1 is 1.18 bits per heavy atom. The van der Waals surface area contributed by atoms with Gasteiger partial charge in [-0.1, -0.05) is 29.5 Å². The van der Waals surface area contributed by atoms with Gasteiger partial charge in [0.2, 0.25) is 0 Å². The molecule has 4 nitrogen and oxygen atoms in total. The average Bonchev–Trinajstić information content (AvgIpc) is 2.94. The largest absolute Gasteiger partial charge is 0.496 e. The number of carbonyl (C=O) groups is 1. The van der Waals surface area contributed by atoms with Crippen molar-refractivity contribution in [2.45, 2.75) is 13.8 Å². The molecule has 0 saturated heterocycles. The molecular formula is C17H16N2O2S. The first-order chi connectivity index (χ1) is 10.6. The molecule has 1 amide bonds. The molecule has 3 aromatic rings. The fourth-order valence-corrected chi connectivity index (χ4v) is 3.20. The highest BCUT2D eigenvalue weighted by molar-refractivity contribution is 7.22. The number of rotatable bonds is 3. The molecule has 0 spiro atoms. The Labute approximate surface area is 132 Å². The van der Waals surface area contributed by atoms with Crippen molar-refractivity contribution in [2.75, 3.05) is 12.4 Å². The molecule has 5 heteroatoms. The van der Waals surface area contributed by atoms with Gasteiger partial charge in [-0.3, -0.25) is 10.1 Å². The average molecular weight is 312 g/mol. The number of nitrogens with one attached hydrogen (secondary N) is 1. The molecule has 112 valence electrons. The van der Waals surface area contributed by atoms with Gasteiger partial charge in [0.1, 0.15) is 5.75 Å². The van der Waals surface area contributed by atoms with Crippen molar-refractivity contribution in [1.29, 1.82) is 0 Å². The highest BCUT2D eigenvalue weighted by Crippen LogP contribution is 2.30. The van der Waals surface area contributed by atoms with Gasteiger partial charge in [0.05, 0.1) is 22.9 Å². The number of anilines is 1. The smallest absolute Gasteiger partial charge is 0.261 e. The van der Waals surface area contributed by atoms with Crippen molar-refractivity contribution in [3.05, 3.63) is 53.1 Å². The first-order valence-corrected chi connectivity index (χ1v) is 7.73. The monoisotopic (exact) mass is 312 g/mol. The molecule has 1 heterocycles. The van der Waals surface area contributed by atoms with Crippen LogP contribution in [0.4, 0.5) is 5.13 Å². The highest BCUT2D eigenvalue weighted by Gasteiger charge is 2.14. The molecule has 0 unspecified atom stereocenters. The van der Waals surface area contributed by atoms with Crippen LogP contribution in [0, 0.1) is 13.8 Å². The van der Waals surface area contributed by atoms with Crippen LogP contribution in [-0.2, 0) is 0 Å². The number of carbonyl (C=O) groups excluding carboxylic acids is 1. The quantitative estimate of drug-likeness (QED) is 0.789. The van der Waals surface area contributed by atoms with E-state index in [1.54, 1.807) is 19.2 Å². The van der Waals surface area contributed by atoms with E-state index in [9.17, 15) is 4.79 Å². The minimum absolute atomic E-state index is 0.217. The zero-order valence-electron chi connectivity index (χ0n) is 12.6. The molecule has 1 N–H and O–H groups in total. The van der Waals surface area contributed by atoms with Crippen molar-refractivity contribution in [3.63, 3.8) is 0 Å². The van der Waals surface area contributed by atoms with Crippen LogP contribution in [0.5, 0.6) is 5.75 Å². The van der Waals surface area contributed by atoms with E-state index < -0.39 is 0 Å². The van der Waals surface area contributed by atoms with Crippen LogP contribution in [0.1, 0.15) is 21.5 Å². The lowest BCUT2D eigenvalue weighted by molar-refractivity contribution is 0.102. The number of nitrogens with zero attached hydrogens (tertiary/aromatic N) is 1. The lowest BCUT2D eigenvalue weighted by Crippen LogP contribution is -2.12. The summed E-state index contributed by atoms with van der Waals surface area (Å²) < 4.78 is 6.29. The first kappa shape index (κ1) is 14.5. The summed E-state index contributed by atoms with van der Waals surface area (Å²) in [5, 5.41) is 3.45.